The van der Waals surface area contributed by atoms with Gasteiger partial charge in [-0.2, -0.15) is 11.8 Å². The number of hydrogen-bond donors (Lipinski definition) is 3. The number of rotatable bonds is 8. The van der Waals surface area contributed by atoms with Crippen LogP contribution in [0.5, 0.6) is 0 Å². The Hall–Kier alpha value is -0.810. The molecule has 2 saturated carbocycles. The van der Waals surface area contributed by atoms with Gasteiger partial charge in [0.1, 0.15) is 0 Å². The van der Waals surface area contributed by atoms with E-state index in [1.165, 1.54) is 18.4 Å². The maximum absolute atomic E-state index is 10.6. The largest absolute Gasteiger partial charge is 0.393 e. The topological polar surface area (TPSA) is 60.7 Å². The molecule has 0 saturated heterocycles. The number of aliphatic hydroxyl groups is 3. The minimum absolute atomic E-state index is 0.192. The average molecular weight is 461 g/mol. The molecule has 6 atom stereocenters. The van der Waals surface area contributed by atoms with Crippen LogP contribution >= 0.6 is 11.8 Å². The third-order valence-corrected chi connectivity index (χ3v) is 9.71. The first-order valence-electron chi connectivity index (χ1n) is 12.7. The van der Waals surface area contributed by atoms with Crippen molar-refractivity contribution in [3.63, 3.8) is 0 Å². The molecule has 0 aliphatic heterocycles. The van der Waals surface area contributed by atoms with Gasteiger partial charge in [-0.05, 0) is 67.4 Å². The molecule has 0 heterocycles. The van der Waals surface area contributed by atoms with E-state index in [0.29, 0.717) is 29.9 Å². The van der Waals surface area contributed by atoms with E-state index in [9.17, 15) is 15.3 Å². The van der Waals surface area contributed by atoms with Gasteiger partial charge in [-0.3, -0.25) is 0 Å². The highest BCUT2D eigenvalue weighted by Gasteiger charge is 2.46. The maximum atomic E-state index is 10.6. The second-order valence-electron chi connectivity index (χ2n) is 10.4. The molecule has 0 radical (unpaired) electrons. The van der Waals surface area contributed by atoms with Crippen LogP contribution in [0.1, 0.15) is 79.1 Å². The molecule has 0 aromatic heterocycles. The van der Waals surface area contributed by atoms with Gasteiger partial charge in [0.15, 0.2) is 0 Å². The van der Waals surface area contributed by atoms with E-state index >= 15 is 0 Å². The lowest BCUT2D eigenvalue weighted by atomic mass is 9.64. The number of hydrogen-bond acceptors (Lipinski definition) is 4. The highest BCUT2D eigenvalue weighted by atomic mass is 32.2. The zero-order valence-electron chi connectivity index (χ0n) is 20.5. The minimum atomic E-state index is -0.631. The number of fused-ring (bicyclic) bond motifs is 1. The molecule has 3 N–H and O–H groups in total. The lowest BCUT2D eigenvalue weighted by Crippen LogP contribution is -2.33. The van der Waals surface area contributed by atoms with E-state index in [1.807, 2.05) is 11.8 Å². The summed E-state index contributed by atoms with van der Waals surface area (Å²) in [5.74, 6) is 1.74. The summed E-state index contributed by atoms with van der Waals surface area (Å²) in [6.45, 7) is 13.2. The zero-order valence-corrected chi connectivity index (χ0v) is 21.3. The molecule has 3 aliphatic carbocycles. The fourth-order valence-electron chi connectivity index (χ4n) is 6.25. The summed E-state index contributed by atoms with van der Waals surface area (Å²) < 4.78 is 0. The van der Waals surface area contributed by atoms with Crippen LogP contribution in [0.3, 0.4) is 0 Å². The van der Waals surface area contributed by atoms with Gasteiger partial charge in [-0.25, -0.2) is 0 Å². The van der Waals surface area contributed by atoms with Crippen LogP contribution in [0, 0.1) is 17.3 Å². The summed E-state index contributed by atoms with van der Waals surface area (Å²) in [7, 11) is 0. The number of aliphatic hydroxyl groups excluding tert-OH is 3. The second-order valence-corrected chi connectivity index (χ2v) is 11.8. The van der Waals surface area contributed by atoms with E-state index in [2.05, 4.69) is 52.5 Å². The summed E-state index contributed by atoms with van der Waals surface area (Å²) >= 11 is 1.92. The Morgan fingerprint density at radius 1 is 1.25 bits per heavy atom. The SMILES string of the molecule is C=C1C(=CC=C2CCC[C@]3(C)C([C@H](C)SC[C@H](O)C(CC)CC)=CC[C@@H]23)C[C@@H](O)C[C@@H]1O. The third kappa shape index (κ3) is 5.46. The number of allylic oxidation sites excluding steroid dienone is 4. The number of thioether (sulfide) groups is 1. The molecule has 180 valence electrons. The first kappa shape index (κ1) is 25.8. The van der Waals surface area contributed by atoms with Crippen molar-refractivity contribution in [1.29, 1.82) is 0 Å². The van der Waals surface area contributed by atoms with Gasteiger partial charge in [0.2, 0.25) is 0 Å². The Labute approximate surface area is 199 Å². The Kier molecular flexibility index (Phi) is 8.93. The van der Waals surface area contributed by atoms with Gasteiger partial charge >= 0.3 is 0 Å². The van der Waals surface area contributed by atoms with Crippen LogP contribution in [-0.2, 0) is 0 Å². The fraction of sp³-hybridized carbons (Fsp3) is 0.714. The third-order valence-electron chi connectivity index (χ3n) is 8.42. The van der Waals surface area contributed by atoms with Crippen molar-refractivity contribution < 1.29 is 15.3 Å². The van der Waals surface area contributed by atoms with E-state index in [1.54, 1.807) is 5.57 Å². The lowest BCUT2D eigenvalue weighted by molar-refractivity contribution is 0.0862. The van der Waals surface area contributed by atoms with Gasteiger partial charge in [-0.1, -0.05) is 69.6 Å². The Morgan fingerprint density at radius 3 is 2.66 bits per heavy atom. The van der Waals surface area contributed by atoms with Crippen molar-refractivity contribution in [3.05, 3.63) is 47.1 Å². The quantitative estimate of drug-likeness (QED) is 0.391. The van der Waals surface area contributed by atoms with Crippen LogP contribution in [-0.4, -0.2) is 44.6 Å². The maximum Gasteiger partial charge on any atom is 0.0811 e. The molecular formula is C28H44O3S. The van der Waals surface area contributed by atoms with E-state index in [0.717, 1.165) is 42.6 Å². The molecule has 4 heteroatoms. The molecule has 2 fully saturated rings. The molecule has 0 bridgehead atoms. The van der Waals surface area contributed by atoms with Gasteiger partial charge in [-0.15, -0.1) is 0 Å². The predicted molar refractivity (Wildman–Crippen MR) is 137 cm³/mol. The molecule has 3 aliphatic rings. The average Bonchev–Trinajstić information content (AvgIpc) is 3.12. The van der Waals surface area contributed by atoms with Crippen LogP contribution in [0.25, 0.3) is 0 Å². The normalized spacial score (nSPS) is 35.3. The zero-order chi connectivity index (χ0) is 23.5. The van der Waals surface area contributed by atoms with E-state index in [-0.39, 0.29) is 11.5 Å². The molecule has 0 aromatic carbocycles. The van der Waals surface area contributed by atoms with Crippen molar-refractivity contribution in [2.75, 3.05) is 5.75 Å². The molecular weight excluding hydrogens is 416 g/mol. The highest BCUT2D eigenvalue weighted by Crippen LogP contribution is 2.56. The second kappa shape index (κ2) is 11.1. The van der Waals surface area contributed by atoms with Gasteiger partial charge in [0, 0.05) is 17.4 Å². The summed E-state index contributed by atoms with van der Waals surface area (Å²) in [4.78, 5) is 0. The van der Waals surface area contributed by atoms with E-state index < -0.39 is 12.2 Å². The van der Waals surface area contributed by atoms with Crippen molar-refractivity contribution in [2.45, 2.75) is 103 Å². The van der Waals surface area contributed by atoms with Crippen molar-refractivity contribution in [2.24, 2.45) is 17.3 Å². The molecule has 0 spiro atoms. The van der Waals surface area contributed by atoms with E-state index in [4.69, 9.17) is 0 Å². The van der Waals surface area contributed by atoms with Gasteiger partial charge in [0.05, 0.1) is 18.3 Å². The molecule has 32 heavy (non-hydrogen) atoms. The molecule has 0 aromatic rings. The van der Waals surface area contributed by atoms with Crippen LogP contribution < -0.4 is 0 Å². The summed E-state index contributed by atoms with van der Waals surface area (Å²) in [6.07, 6.45) is 13.2. The molecule has 0 amide bonds. The van der Waals surface area contributed by atoms with Crippen LogP contribution in [0.2, 0.25) is 0 Å². The summed E-state index contributed by atoms with van der Waals surface area (Å²) in [5, 5.41) is 31.2. The summed E-state index contributed by atoms with van der Waals surface area (Å²) in [5.41, 5.74) is 5.00. The first-order valence-corrected chi connectivity index (χ1v) is 13.7. The Balaban J connectivity index is 1.69. The molecule has 3 nitrogen and oxygen atoms in total. The van der Waals surface area contributed by atoms with Gasteiger partial charge in [0.25, 0.3) is 0 Å². The fourth-order valence-corrected chi connectivity index (χ4v) is 7.55. The van der Waals surface area contributed by atoms with Crippen molar-refractivity contribution >= 4 is 11.8 Å². The Bertz CT molecular complexity index is 763. The van der Waals surface area contributed by atoms with Crippen LogP contribution in [0.15, 0.2) is 47.1 Å². The summed E-state index contributed by atoms with van der Waals surface area (Å²) in [6, 6.07) is 0. The van der Waals surface area contributed by atoms with Crippen molar-refractivity contribution in [3.8, 4) is 0 Å². The smallest absolute Gasteiger partial charge is 0.0811 e. The molecule has 3 rings (SSSR count). The minimum Gasteiger partial charge on any atom is -0.393 e. The lowest BCUT2D eigenvalue weighted by Gasteiger charge is -2.42. The predicted octanol–water partition coefficient (Wildman–Crippen LogP) is 5.97. The van der Waals surface area contributed by atoms with Crippen LogP contribution in [0.4, 0.5) is 0 Å². The molecule has 0 unspecified atom stereocenters. The highest BCUT2D eigenvalue weighted by molar-refractivity contribution is 8.00. The van der Waals surface area contributed by atoms with Gasteiger partial charge < -0.3 is 15.3 Å². The standard InChI is InChI=1S/C28H44O3S/c1-6-20(7-2)27(31)17-32-19(4)24-12-13-25-21(9-8-14-28(24,25)5)10-11-22-15-23(29)16-26(30)18(22)3/h10-12,19-20,23,25-27,29-31H,3,6-9,13-17H2,1-2,4-5H3/t19-,23+,25-,26-,27-,28+/m0/s1. The van der Waals surface area contributed by atoms with Crippen molar-refractivity contribution in [1.82, 2.24) is 0 Å². The monoisotopic (exact) mass is 460 g/mol. The first-order chi connectivity index (χ1) is 15.2. The Morgan fingerprint density at radius 2 is 1.97 bits per heavy atom.